The number of carbonyl (C=O) groups is 1. The lowest BCUT2D eigenvalue weighted by Gasteiger charge is -2.24. The number of benzene rings is 1. The smallest absolute Gasteiger partial charge is 0.223 e. The number of hydrogen-bond donors (Lipinski definition) is 1. The van der Waals surface area contributed by atoms with Crippen LogP contribution in [0.15, 0.2) is 30.3 Å². The first-order chi connectivity index (χ1) is 8.70. The average Bonchev–Trinajstić information content (AvgIpc) is 2.78. The van der Waals surface area contributed by atoms with Gasteiger partial charge in [-0.1, -0.05) is 30.3 Å². The van der Waals surface area contributed by atoms with Gasteiger partial charge in [0, 0.05) is 19.0 Å². The van der Waals surface area contributed by atoms with Crippen LogP contribution in [0, 0.1) is 5.92 Å². The zero-order chi connectivity index (χ0) is 13.0. The summed E-state index contributed by atoms with van der Waals surface area (Å²) >= 11 is 4.30. The minimum atomic E-state index is 0.301. The van der Waals surface area contributed by atoms with Crippen molar-refractivity contribution in [1.29, 1.82) is 0 Å². The number of amides is 1. The molecule has 1 aliphatic rings. The Morgan fingerprint density at radius 2 is 2.11 bits per heavy atom. The van der Waals surface area contributed by atoms with Gasteiger partial charge in [-0.15, -0.1) is 0 Å². The molecule has 1 aromatic carbocycles. The maximum atomic E-state index is 11.9. The van der Waals surface area contributed by atoms with Crippen LogP contribution >= 0.6 is 12.6 Å². The molecule has 0 spiro atoms. The van der Waals surface area contributed by atoms with E-state index in [1.54, 1.807) is 0 Å². The van der Waals surface area contributed by atoms with E-state index in [0.717, 1.165) is 25.1 Å². The lowest BCUT2D eigenvalue weighted by molar-refractivity contribution is -0.129. The third-order valence-corrected chi connectivity index (χ3v) is 4.24. The Bertz CT molecular complexity index is 393. The van der Waals surface area contributed by atoms with E-state index >= 15 is 0 Å². The summed E-state index contributed by atoms with van der Waals surface area (Å²) < 4.78 is 0. The van der Waals surface area contributed by atoms with Crippen LogP contribution in [0.3, 0.4) is 0 Å². The molecule has 0 radical (unpaired) electrons. The average molecular weight is 263 g/mol. The standard InChI is InChI=1S/C15H21NOS/c1-12(7-8-13-5-3-2-4-6-13)16-10-14(11-18)9-15(16)17/h2-6,12,14,18H,7-11H2,1H3. The van der Waals surface area contributed by atoms with E-state index in [-0.39, 0.29) is 0 Å². The normalized spacial score (nSPS) is 21.3. The largest absolute Gasteiger partial charge is 0.340 e. The highest BCUT2D eigenvalue weighted by molar-refractivity contribution is 7.80. The van der Waals surface area contributed by atoms with Crippen LogP contribution in [0.2, 0.25) is 0 Å². The lowest BCUT2D eigenvalue weighted by Crippen LogP contribution is -2.34. The number of thiol groups is 1. The second-order valence-electron chi connectivity index (χ2n) is 5.17. The summed E-state index contributed by atoms with van der Waals surface area (Å²) in [4.78, 5) is 13.9. The zero-order valence-corrected chi connectivity index (χ0v) is 11.8. The van der Waals surface area contributed by atoms with Crippen LogP contribution in [-0.2, 0) is 11.2 Å². The maximum absolute atomic E-state index is 11.9. The Labute approximate surface area is 115 Å². The topological polar surface area (TPSA) is 20.3 Å². The van der Waals surface area contributed by atoms with Crippen molar-refractivity contribution in [3.63, 3.8) is 0 Å². The molecule has 0 aromatic heterocycles. The summed E-state index contributed by atoms with van der Waals surface area (Å²) in [6.45, 7) is 3.04. The Morgan fingerprint density at radius 3 is 2.72 bits per heavy atom. The molecule has 2 nitrogen and oxygen atoms in total. The quantitative estimate of drug-likeness (QED) is 0.810. The van der Waals surface area contributed by atoms with E-state index in [9.17, 15) is 4.79 Å². The lowest BCUT2D eigenvalue weighted by atomic mass is 10.1. The molecule has 1 aliphatic heterocycles. The number of rotatable bonds is 5. The van der Waals surface area contributed by atoms with Gasteiger partial charge < -0.3 is 4.90 Å². The second-order valence-corrected chi connectivity index (χ2v) is 5.54. The molecular formula is C15H21NOS. The van der Waals surface area contributed by atoms with E-state index in [0.29, 0.717) is 24.3 Å². The summed E-state index contributed by atoms with van der Waals surface area (Å²) in [5.41, 5.74) is 1.35. The van der Waals surface area contributed by atoms with E-state index in [1.807, 2.05) is 11.0 Å². The van der Waals surface area contributed by atoms with Crippen LogP contribution in [-0.4, -0.2) is 29.1 Å². The molecule has 3 heteroatoms. The molecule has 2 atom stereocenters. The fourth-order valence-electron chi connectivity index (χ4n) is 2.53. The molecular weight excluding hydrogens is 242 g/mol. The van der Waals surface area contributed by atoms with Gasteiger partial charge in [-0.25, -0.2) is 0 Å². The summed E-state index contributed by atoms with van der Waals surface area (Å²) in [6.07, 6.45) is 2.76. The molecule has 1 aromatic rings. The van der Waals surface area contributed by atoms with Crippen molar-refractivity contribution in [2.75, 3.05) is 12.3 Å². The fraction of sp³-hybridized carbons (Fsp3) is 0.533. The van der Waals surface area contributed by atoms with Crippen LogP contribution < -0.4 is 0 Å². The summed E-state index contributed by atoms with van der Waals surface area (Å²) in [6, 6.07) is 10.8. The number of hydrogen-bond acceptors (Lipinski definition) is 2. The van der Waals surface area contributed by atoms with Gasteiger partial charge in [0.2, 0.25) is 5.91 Å². The highest BCUT2D eigenvalue weighted by atomic mass is 32.1. The first-order valence-electron chi connectivity index (χ1n) is 6.65. The SMILES string of the molecule is CC(CCc1ccccc1)N1CC(CS)CC1=O. The maximum Gasteiger partial charge on any atom is 0.223 e. The third-order valence-electron chi connectivity index (χ3n) is 3.72. The molecule has 0 N–H and O–H groups in total. The number of aryl methyl sites for hydroxylation is 1. The van der Waals surface area contributed by atoms with Gasteiger partial charge in [0.15, 0.2) is 0 Å². The van der Waals surface area contributed by atoms with Crippen LogP contribution in [0.4, 0.5) is 0 Å². The molecule has 18 heavy (non-hydrogen) atoms. The monoisotopic (exact) mass is 263 g/mol. The van der Waals surface area contributed by atoms with E-state index in [2.05, 4.69) is 43.8 Å². The van der Waals surface area contributed by atoms with Crippen molar-refractivity contribution in [2.24, 2.45) is 5.92 Å². The van der Waals surface area contributed by atoms with Crippen molar-refractivity contribution < 1.29 is 4.79 Å². The molecule has 0 aliphatic carbocycles. The zero-order valence-electron chi connectivity index (χ0n) is 10.9. The molecule has 0 saturated carbocycles. The molecule has 1 heterocycles. The molecule has 1 amide bonds. The Kier molecular flexibility index (Phi) is 4.70. The van der Waals surface area contributed by atoms with Gasteiger partial charge in [-0.2, -0.15) is 12.6 Å². The van der Waals surface area contributed by atoms with Gasteiger partial charge in [-0.05, 0) is 37.0 Å². The minimum Gasteiger partial charge on any atom is -0.340 e. The van der Waals surface area contributed by atoms with Gasteiger partial charge in [0.25, 0.3) is 0 Å². The molecule has 2 unspecified atom stereocenters. The van der Waals surface area contributed by atoms with Gasteiger partial charge in [0.05, 0.1) is 0 Å². The first-order valence-corrected chi connectivity index (χ1v) is 7.28. The van der Waals surface area contributed by atoms with E-state index in [4.69, 9.17) is 0 Å². The highest BCUT2D eigenvalue weighted by Gasteiger charge is 2.31. The van der Waals surface area contributed by atoms with Crippen molar-refractivity contribution in [1.82, 2.24) is 4.90 Å². The highest BCUT2D eigenvalue weighted by Crippen LogP contribution is 2.22. The predicted octanol–water partition coefficient (Wildman–Crippen LogP) is 2.79. The molecule has 1 fully saturated rings. The van der Waals surface area contributed by atoms with Crippen LogP contribution in [0.25, 0.3) is 0 Å². The first kappa shape index (κ1) is 13.5. The van der Waals surface area contributed by atoms with Crippen molar-refractivity contribution in [2.45, 2.75) is 32.2 Å². The van der Waals surface area contributed by atoms with E-state index in [1.165, 1.54) is 5.56 Å². The number of likely N-dealkylation sites (tertiary alicyclic amines) is 1. The fourth-order valence-corrected chi connectivity index (χ4v) is 2.78. The number of carbonyl (C=O) groups excluding carboxylic acids is 1. The molecule has 1 saturated heterocycles. The molecule has 2 rings (SSSR count). The number of nitrogens with zero attached hydrogens (tertiary/aromatic N) is 1. The van der Waals surface area contributed by atoms with Gasteiger partial charge in [0.1, 0.15) is 0 Å². The van der Waals surface area contributed by atoms with Crippen molar-refractivity contribution in [3.8, 4) is 0 Å². The second kappa shape index (κ2) is 6.28. The summed E-state index contributed by atoms with van der Waals surface area (Å²) in [5.74, 6) is 1.56. The Balaban J connectivity index is 1.85. The van der Waals surface area contributed by atoms with Gasteiger partial charge >= 0.3 is 0 Å². The van der Waals surface area contributed by atoms with Gasteiger partial charge in [-0.3, -0.25) is 4.79 Å². The minimum absolute atomic E-state index is 0.301. The van der Waals surface area contributed by atoms with Crippen LogP contribution in [0.5, 0.6) is 0 Å². The van der Waals surface area contributed by atoms with Crippen molar-refractivity contribution in [3.05, 3.63) is 35.9 Å². The summed E-state index contributed by atoms with van der Waals surface area (Å²) in [5, 5.41) is 0. The Hall–Kier alpha value is -0.960. The third kappa shape index (κ3) is 3.29. The predicted molar refractivity (Wildman–Crippen MR) is 77.9 cm³/mol. The molecule has 98 valence electrons. The Morgan fingerprint density at radius 1 is 1.39 bits per heavy atom. The molecule has 0 bridgehead atoms. The summed E-state index contributed by atoms with van der Waals surface area (Å²) in [7, 11) is 0. The van der Waals surface area contributed by atoms with Crippen LogP contribution in [0.1, 0.15) is 25.3 Å². The van der Waals surface area contributed by atoms with Crippen molar-refractivity contribution >= 4 is 18.5 Å². The van der Waals surface area contributed by atoms with E-state index < -0.39 is 0 Å².